The van der Waals surface area contributed by atoms with Crippen molar-refractivity contribution in [1.29, 1.82) is 0 Å². The molecule has 0 aromatic heterocycles. The highest BCUT2D eigenvalue weighted by Gasteiger charge is 1.96. The Morgan fingerprint density at radius 1 is 1.22 bits per heavy atom. The zero-order valence-electron chi connectivity index (χ0n) is 5.73. The normalized spacial score (nSPS) is 9.56. The van der Waals surface area contributed by atoms with Crippen molar-refractivity contribution in [2.45, 2.75) is 13.8 Å². The molecule has 1 rings (SSSR count). The van der Waals surface area contributed by atoms with Gasteiger partial charge in [0.2, 0.25) is 0 Å². The second kappa shape index (κ2) is 2.09. The number of hydrogen-bond acceptors (Lipinski definition) is 0. The second-order valence-corrected chi connectivity index (χ2v) is 2.32. The highest BCUT2D eigenvalue weighted by Crippen LogP contribution is 2.15. The van der Waals surface area contributed by atoms with E-state index in [9.17, 15) is 0 Å². The molecule has 9 heavy (non-hydrogen) atoms. The molecule has 0 aliphatic heterocycles. The van der Waals surface area contributed by atoms with Crippen LogP contribution in [0.5, 0.6) is 5.75 Å². The van der Waals surface area contributed by atoms with Gasteiger partial charge in [0.1, 0.15) is 0 Å². The molecule has 0 amide bonds. The van der Waals surface area contributed by atoms with Crippen LogP contribution < -0.4 is 0 Å². The first kappa shape index (κ1) is 6.14. The molecule has 0 radical (unpaired) electrons. The maximum absolute atomic E-state index is 7.32. The lowest BCUT2D eigenvalue weighted by molar-refractivity contribution is 0.471. The van der Waals surface area contributed by atoms with Gasteiger partial charge >= 0.3 is 0 Å². The predicted octanol–water partition coefficient (Wildman–Crippen LogP) is 1.74. The third kappa shape index (κ3) is 1.22. The summed E-state index contributed by atoms with van der Waals surface area (Å²) in [5, 5.41) is 7.32. The Morgan fingerprint density at radius 2 is 1.89 bits per heavy atom. The van der Waals surface area contributed by atoms with Crippen molar-refractivity contribution in [3.05, 3.63) is 29.3 Å². The topological polar surface area (TPSA) is 22.9 Å². The quantitative estimate of drug-likeness (QED) is 0.469. The van der Waals surface area contributed by atoms with Gasteiger partial charge in [-0.3, -0.25) is 0 Å². The number of hydrogen-bond donors (Lipinski definition) is 0. The molecule has 2 N–H and O–H groups in total. The van der Waals surface area contributed by atoms with Crippen molar-refractivity contribution in [2.24, 2.45) is 0 Å². The van der Waals surface area contributed by atoms with Gasteiger partial charge in [0.25, 0.3) is 5.75 Å². The molecule has 0 heterocycles. The van der Waals surface area contributed by atoms with Crippen LogP contribution in [0, 0.1) is 13.8 Å². The highest BCUT2D eigenvalue weighted by molar-refractivity contribution is 5.34. The van der Waals surface area contributed by atoms with Gasteiger partial charge in [0.05, 0.1) is 0 Å². The van der Waals surface area contributed by atoms with E-state index in [4.69, 9.17) is 5.11 Å². The molecule has 0 saturated heterocycles. The standard InChI is InChI=1S/C8H10O/c1-6-3-4-8(9)7(2)5-6/h3-5,9H,1-2H3/p+1. The predicted molar refractivity (Wildman–Crippen MR) is 39.0 cm³/mol. The summed E-state index contributed by atoms with van der Waals surface area (Å²) >= 11 is 0. The Balaban J connectivity index is 3.17. The van der Waals surface area contributed by atoms with Crippen LogP contribution in [-0.4, -0.2) is 5.11 Å². The van der Waals surface area contributed by atoms with Gasteiger partial charge in [0.15, 0.2) is 0 Å². The molecule has 0 spiro atoms. The lowest BCUT2D eigenvalue weighted by Crippen LogP contribution is -1.75. The molecule has 0 aliphatic carbocycles. The monoisotopic (exact) mass is 123 g/mol. The lowest BCUT2D eigenvalue weighted by atomic mass is 10.1. The van der Waals surface area contributed by atoms with Crippen LogP contribution >= 0.6 is 0 Å². The molecule has 0 atom stereocenters. The molecular weight excluding hydrogens is 112 g/mol. The van der Waals surface area contributed by atoms with E-state index < -0.39 is 0 Å². The SMILES string of the molecule is Cc1ccc([OH2+])c(C)c1. The van der Waals surface area contributed by atoms with Crippen LogP contribution in [0.3, 0.4) is 0 Å². The summed E-state index contributed by atoms with van der Waals surface area (Å²) in [6, 6.07) is 5.79. The molecular formula is C8H11O+. The van der Waals surface area contributed by atoms with E-state index in [1.807, 2.05) is 32.0 Å². The molecule has 1 aromatic rings. The van der Waals surface area contributed by atoms with Crippen LogP contribution in [0.4, 0.5) is 0 Å². The zero-order chi connectivity index (χ0) is 6.85. The van der Waals surface area contributed by atoms with Gasteiger partial charge in [-0.2, -0.15) is 0 Å². The average Bonchev–Trinajstić information content (AvgIpc) is 1.80. The van der Waals surface area contributed by atoms with Gasteiger partial charge < -0.3 is 5.11 Å². The summed E-state index contributed by atoms with van der Waals surface area (Å²) in [6.45, 7) is 3.99. The summed E-state index contributed by atoms with van der Waals surface area (Å²) in [6.07, 6.45) is 0. The Bertz CT molecular complexity index is 216. The minimum Gasteiger partial charge on any atom is -0.593 e. The molecule has 0 fully saturated rings. The highest BCUT2D eigenvalue weighted by atomic mass is 16.3. The third-order valence-electron chi connectivity index (χ3n) is 1.38. The van der Waals surface area contributed by atoms with Crippen LogP contribution in [-0.2, 0) is 0 Å². The third-order valence-corrected chi connectivity index (χ3v) is 1.38. The largest absolute Gasteiger partial charge is 0.593 e. The maximum Gasteiger partial charge on any atom is 0.256 e. The summed E-state index contributed by atoms with van der Waals surface area (Å²) in [4.78, 5) is 0. The zero-order valence-corrected chi connectivity index (χ0v) is 5.73. The van der Waals surface area contributed by atoms with Crippen molar-refractivity contribution < 1.29 is 5.11 Å². The molecule has 0 unspecified atom stereocenters. The van der Waals surface area contributed by atoms with Crippen LogP contribution in [0.1, 0.15) is 11.1 Å². The van der Waals surface area contributed by atoms with Crippen molar-refractivity contribution >= 4 is 0 Å². The smallest absolute Gasteiger partial charge is 0.256 e. The van der Waals surface area contributed by atoms with Crippen LogP contribution in [0.15, 0.2) is 18.2 Å². The van der Waals surface area contributed by atoms with E-state index in [1.165, 1.54) is 5.56 Å². The average molecular weight is 123 g/mol. The minimum atomic E-state index is 0.626. The summed E-state index contributed by atoms with van der Waals surface area (Å²) in [5.41, 5.74) is 2.28. The summed E-state index contributed by atoms with van der Waals surface area (Å²) in [7, 11) is 0. The second-order valence-electron chi connectivity index (χ2n) is 2.32. The van der Waals surface area contributed by atoms with Gasteiger partial charge in [-0.05, 0) is 19.9 Å². The van der Waals surface area contributed by atoms with Crippen molar-refractivity contribution in [3.63, 3.8) is 0 Å². The summed E-state index contributed by atoms with van der Waals surface area (Å²) < 4.78 is 0. The number of benzene rings is 1. The first-order valence-corrected chi connectivity index (χ1v) is 2.99. The van der Waals surface area contributed by atoms with Crippen LogP contribution in [0.2, 0.25) is 0 Å². The Labute approximate surface area is 55.0 Å². The van der Waals surface area contributed by atoms with E-state index >= 15 is 0 Å². The molecule has 48 valence electrons. The molecule has 0 bridgehead atoms. The number of rotatable bonds is 0. The van der Waals surface area contributed by atoms with E-state index in [0.29, 0.717) is 5.75 Å². The maximum atomic E-state index is 7.32. The van der Waals surface area contributed by atoms with Gasteiger partial charge in [0, 0.05) is 11.6 Å². The van der Waals surface area contributed by atoms with E-state index in [2.05, 4.69) is 0 Å². The fraction of sp³-hybridized carbons (Fsp3) is 0.250. The molecule has 0 saturated carbocycles. The van der Waals surface area contributed by atoms with Crippen molar-refractivity contribution in [1.82, 2.24) is 0 Å². The van der Waals surface area contributed by atoms with Gasteiger partial charge in [-0.15, -0.1) is 0 Å². The van der Waals surface area contributed by atoms with E-state index in [-0.39, 0.29) is 0 Å². The van der Waals surface area contributed by atoms with E-state index in [1.54, 1.807) is 0 Å². The molecule has 1 aromatic carbocycles. The Morgan fingerprint density at radius 3 is 2.33 bits per heavy atom. The van der Waals surface area contributed by atoms with E-state index in [0.717, 1.165) is 5.56 Å². The molecule has 1 heteroatoms. The summed E-state index contributed by atoms with van der Waals surface area (Å²) in [5.74, 6) is 0.626. The van der Waals surface area contributed by atoms with Gasteiger partial charge in [-0.1, -0.05) is 11.6 Å². The van der Waals surface area contributed by atoms with Crippen LogP contribution in [0.25, 0.3) is 0 Å². The van der Waals surface area contributed by atoms with Crippen molar-refractivity contribution in [3.8, 4) is 5.75 Å². The van der Waals surface area contributed by atoms with Gasteiger partial charge in [-0.25, -0.2) is 0 Å². The van der Waals surface area contributed by atoms with Crippen molar-refractivity contribution in [2.75, 3.05) is 0 Å². The molecule has 0 aliphatic rings. The number of aryl methyl sites for hydroxylation is 2. The molecule has 1 nitrogen and oxygen atoms in total. The first-order valence-electron chi connectivity index (χ1n) is 2.99. The first-order chi connectivity index (χ1) is 4.20. The Hall–Kier alpha value is -0.980. The minimum absolute atomic E-state index is 0.626. The lowest BCUT2D eigenvalue weighted by Gasteiger charge is -1.93. The fourth-order valence-corrected chi connectivity index (χ4v) is 0.814. The fourth-order valence-electron chi connectivity index (χ4n) is 0.814. The Kier molecular flexibility index (Phi) is 1.43.